The quantitative estimate of drug-likeness (QED) is 0.475. The van der Waals surface area contributed by atoms with Gasteiger partial charge in [0.15, 0.2) is 6.61 Å². The Morgan fingerprint density at radius 1 is 0.879 bits per heavy atom. The van der Waals surface area contributed by atoms with Crippen molar-refractivity contribution >= 4 is 17.5 Å². The van der Waals surface area contributed by atoms with Gasteiger partial charge in [0.25, 0.3) is 5.91 Å². The highest BCUT2D eigenvalue weighted by Gasteiger charge is 2.29. The van der Waals surface area contributed by atoms with E-state index < -0.39 is 0 Å². The van der Waals surface area contributed by atoms with E-state index in [1.165, 1.54) is 0 Å². The highest BCUT2D eigenvalue weighted by atomic mass is 16.5. The van der Waals surface area contributed by atoms with Gasteiger partial charge in [-0.3, -0.25) is 9.59 Å². The lowest BCUT2D eigenvalue weighted by Crippen LogP contribution is -2.33. The molecule has 0 aliphatic heterocycles. The summed E-state index contributed by atoms with van der Waals surface area (Å²) in [7, 11) is 0. The number of ether oxygens (including phenoxy) is 2. The summed E-state index contributed by atoms with van der Waals surface area (Å²) in [4.78, 5) is 24.7. The molecule has 3 aromatic rings. The molecule has 0 spiro atoms. The Morgan fingerprint density at radius 2 is 1.61 bits per heavy atom. The van der Waals surface area contributed by atoms with Crippen LogP contribution in [-0.4, -0.2) is 25.0 Å². The van der Waals surface area contributed by atoms with Crippen LogP contribution in [0.2, 0.25) is 0 Å². The smallest absolute Gasteiger partial charge is 0.258 e. The maximum Gasteiger partial charge on any atom is 0.258 e. The summed E-state index contributed by atoms with van der Waals surface area (Å²) < 4.78 is 11.2. The maximum absolute atomic E-state index is 12.8. The fraction of sp³-hybridized carbons (Fsp3) is 0.259. The van der Waals surface area contributed by atoms with Gasteiger partial charge in [0, 0.05) is 17.7 Å². The molecular formula is C27H28N2O4. The van der Waals surface area contributed by atoms with E-state index in [2.05, 4.69) is 10.6 Å². The van der Waals surface area contributed by atoms with Crippen molar-refractivity contribution in [2.75, 3.05) is 18.5 Å². The highest BCUT2D eigenvalue weighted by molar-refractivity contribution is 5.94. The van der Waals surface area contributed by atoms with Crippen LogP contribution in [-0.2, 0) is 9.59 Å². The second-order valence-corrected chi connectivity index (χ2v) is 7.99. The number of carbonyl (C=O) groups excluding carboxylic acids is 2. The number of nitrogens with one attached hydrogen (secondary N) is 2. The van der Waals surface area contributed by atoms with E-state index in [1.807, 2.05) is 67.6 Å². The Kier molecular flexibility index (Phi) is 7.25. The minimum atomic E-state index is -0.317. The summed E-state index contributed by atoms with van der Waals surface area (Å²) in [6.45, 7) is 2.40. The molecule has 1 atom stereocenters. The Morgan fingerprint density at radius 3 is 2.30 bits per heavy atom. The van der Waals surface area contributed by atoms with E-state index >= 15 is 0 Å². The standard InChI is InChI=1S/C27H28N2O4/c1-2-32-23-15-13-20(14-16-23)26(19-7-4-3-5-8-19)29-25(30)18-33-24-10-6-9-22(17-24)28-27(31)21-11-12-21/h3-10,13-17,21,26H,2,11-12,18H2,1H3,(H,28,31)(H,29,30). The predicted molar refractivity (Wildman–Crippen MR) is 127 cm³/mol. The van der Waals surface area contributed by atoms with Crippen molar-refractivity contribution in [2.24, 2.45) is 5.92 Å². The fourth-order valence-electron chi connectivity index (χ4n) is 3.53. The van der Waals surface area contributed by atoms with Gasteiger partial charge in [0.05, 0.1) is 12.6 Å². The van der Waals surface area contributed by atoms with Crippen LogP contribution in [0.25, 0.3) is 0 Å². The van der Waals surface area contributed by atoms with E-state index in [1.54, 1.807) is 18.2 Å². The van der Waals surface area contributed by atoms with Crippen LogP contribution < -0.4 is 20.1 Å². The van der Waals surface area contributed by atoms with Crippen molar-refractivity contribution in [3.8, 4) is 11.5 Å². The molecule has 33 heavy (non-hydrogen) atoms. The highest BCUT2D eigenvalue weighted by Crippen LogP contribution is 2.30. The summed E-state index contributed by atoms with van der Waals surface area (Å²) in [5.74, 6) is 1.22. The molecule has 0 heterocycles. The van der Waals surface area contributed by atoms with Crippen LogP contribution in [0.1, 0.15) is 36.9 Å². The van der Waals surface area contributed by atoms with Crippen LogP contribution in [0, 0.1) is 5.92 Å². The maximum atomic E-state index is 12.8. The van der Waals surface area contributed by atoms with Crippen LogP contribution in [0.15, 0.2) is 78.9 Å². The largest absolute Gasteiger partial charge is 0.494 e. The van der Waals surface area contributed by atoms with Crippen molar-refractivity contribution in [3.05, 3.63) is 90.0 Å². The molecule has 2 amide bonds. The monoisotopic (exact) mass is 444 g/mol. The third-order valence-electron chi connectivity index (χ3n) is 5.38. The van der Waals surface area contributed by atoms with Gasteiger partial charge in [-0.1, -0.05) is 48.5 Å². The summed E-state index contributed by atoms with van der Waals surface area (Å²) >= 11 is 0. The first-order valence-electron chi connectivity index (χ1n) is 11.2. The molecule has 6 heteroatoms. The Hall–Kier alpha value is -3.80. The third kappa shape index (κ3) is 6.35. The van der Waals surface area contributed by atoms with Gasteiger partial charge in [0.2, 0.25) is 5.91 Å². The topological polar surface area (TPSA) is 76.7 Å². The number of amides is 2. The normalized spacial score (nSPS) is 13.6. The molecule has 0 bridgehead atoms. The predicted octanol–water partition coefficient (Wildman–Crippen LogP) is 4.72. The summed E-state index contributed by atoms with van der Waals surface area (Å²) in [6.07, 6.45) is 1.89. The van der Waals surface area contributed by atoms with Gasteiger partial charge >= 0.3 is 0 Å². The van der Waals surface area contributed by atoms with Crippen molar-refractivity contribution in [3.63, 3.8) is 0 Å². The van der Waals surface area contributed by atoms with Crippen molar-refractivity contribution in [1.82, 2.24) is 5.32 Å². The summed E-state index contributed by atoms with van der Waals surface area (Å²) in [5.41, 5.74) is 2.59. The van der Waals surface area contributed by atoms with E-state index in [-0.39, 0.29) is 30.4 Å². The zero-order valence-corrected chi connectivity index (χ0v) is 18.6. The molecular weight excluding hydrogens is 416 g/mol. The minimum Gasteiger partial charge on any atom is -0.494 e. The molecule has 1 fully saturated rings. The number of carbonyl (C=O) groups is 2. The zero-order chi connectivity index (χ0) is 23.0. The third-order valence-corrected chi connectivity index (χ3v) is 5.38. The zero-order valence-electron chi connectivity index (χ0n) is 18.6. The van der Waals surface area contributed by atoms with E-state index in [0.29, 0.717) is 18.0 Å². The molecule has 0 saturated heterocycles. The van der Waals surface area contributed by atoms with Crippen LogP contribution >= 0.6 is 0 Å². The lowest BCUT2D eigenvalue weighted by atomic mass is 9.98. The van der Waals surface area contributed by atoms with Gasteiger partial charge in [-0.05, 0) is 55.2 Å². The molecule has 4 rings (SSSR count). The molecule has 1 aliphatic rings. The second kappa shape index (κ2) is 10.7. The molecule has 0 aromatic heterocycles. The molecule has 1 unspecified atom stereocenters. The van der Waals surface area contributed by atoms with Crippen molar-refractivity contribution < 1.29 is 19.1 Å². The van der Waals surface area contributed by atoms with E-state index in [0.717, 1.165) is 29.7 Å². The van der Waals surface area contributed by atoms with Crippen molar-refractivity contribution in [2.45, 2.75) is 25.8 Å². The average molecular weight is 445 g/mol. The number of benzene rings is 3. The van der Waals surface area contributed by atoms with Crippen molar-refractivity contribution in [1.29, 1.82) is 0 Å². The lowest BCUT2D eigenvalue weighted by Gasteiger charge is -2.20. The van der Waals surface area contributed by atoms with Gasteiger partial charge < -0.3 is 20.1 Å². The first kappa shape index (κ1) is 22.4. The second-order valence-electron chi connectivity index (χ2n) is 7.99. The van der Waals surface area contributed by atoms with Gasteiger partial charge in [-0.15, -0.1) is 0 Å². The van der Waals surface area contributed by atoms with Gasteiger partial charge in [0.1, 0.15) is 11.5 Å². The molecule has 2 N–H and O–H groups in total. The molecule has 6 nitrogen and oxygen atoms in total. The number of anilines is 1. The van der Waals surface area contributed by atoms with Crippen LogP contribution in [0.5, 0.6) is 11.5 Å². The Bertz CT molecular complexity index is 1080. The molecule has 170 valence electrons. The minimum absolute atomic E-state index is 0.0333. The number of rotatable bonds is 10. The van der Waals surface area contributed by atoms with Crippen LogP contribution in [0.4, 0.5) is 5.69 Å². The first-order valence-corrected chi connectivity index (χ1v) is 11.2. The lowest BCUT2D eigenvalue weighted by molar-refractivity contribution is -0.123. The van der Waals surface area contributed by atoms with Gasteiger partial charge in [-0.2, -0.15) is 0 Å². The Balaban J connectivity index is 1.40. The van der Waals surface area contributed by atoms with E-state index in [9.17, 15) is 9.59 Å². The average Bonchev–Trinajstić information content (AvgIpc) is 3.69. The van der Waals surface area contributed by atoms with Crippen LogP contribution in [0.3, 0.4) is 0 Å². The number of hydrogen-bond donors (Lipinski definition) is 2. The molecule has 3 aromatic carbocycles. The molecule has 1 saturated carbocycles. The summed E-state index contributed by atoms with van der Waals surface area (Å²) in [5, 5.41) is 5.96. The fourth-order valence-corrected chi connectivity index (χ4v) is 3.53. The molecule has 1 aliphatic carbocycles. The number of hydrogen-bond acceptors (Lipinski definition) is 4. The summed E-state index contributed by atoms with van der Waals surface area (Å²) in [6, 6.07) is 24.3. The SMILES string of the molecule is CCOc1ccc(C(NC(=O)COc2cccc(NC(=O)C3CC3)c2)c2ccccc2)cc1. The van der Waals surface area contributed by atoms with E-state index in [4.69, 9.17) is 9.47 Å². The Labute approximate surface area is 193 Å². The van der Waals surface area contributed by atoms with Gasteiger partial charge in [-0.25, -0.2) is 0 Å². The first-order chi connectivity index (χ1) is 16.1. The molecule has 0 radical (unpaired) electrons.